The van der Waals surface area contributed by atoms with Crippen molar-refractivity contribution >= 4 is 32.8 Å². The first-order chi connectivity index (χ1) is 18.9. The molecule has 0 atom stereocenters. The number of rotatable bonds is 10. The molecule has 5 rings (SSSR count). The van der Waals surface area contributed by atoms with Crippen molar-refractivity contribution in [2.24, 2.45) is 0 Å². The number of carbonyl (C=O) groups is 1. The number of benzene rings is 2. The van der Waals surface area contributed by atoms with Crippen LogP contribution in [0.25, 0.3) is 22.4 Å². The predicted octanol–water partition coefficient (Wildman–Crippen LogP) is 3.54. The summed E-state index contributed by atoms with van der Waals surface area (Å²) in [7, 11) is -3.49. The van der Waals surface area contributed by atoms with Crippen LogP contribution < -0.4 is 10.6 Å². The van der Waals surface area contributed by atoms with E-state index in [-0.39, 0.29) is 12.0 Å². The summed E-state index contributed by atoms with van der Waals surface area (Å²) >= 11 is 0. The largest absolute Gasteiger partial charge is 0.372 e. The second-order valence-electron chi connectivity index (χ2n) is 9.46. The molecule has 0 unspecified atom stereocenters. The second-order valence-corrected chi connectivity index (χ2v) is 11.4. The summed E-state index contributed by atoms with van der Waals surface area (Å²) in [5, 5.41) is 6.93. The van der Waals surface area contributed by atoms with Gasteiger partial charge in [0.25, 0.3) is 0 Å². The molecule has 1 saturated heterocycles. The fraction of sp³-hybridized carbons (Fsp3) is 0.321. The highest BCUT2D eigenvalue weighted by molar-refractivity contribution is 7.89. The molecule has 11 heteroatoms. The molecule has 0 aliphatic carbocycles. The number of piperidine rings is 1. The van der Waals surface area contributed by atoms with Gasteiger partial charge >= 0.3 is 0 Å². The Hall–Kier alpha value is -3.80. The van der Waals surface area contributed by atoms with Crippen LogP contribution >= 0.6 is 0 Å². The molecule has 1 fully saturated rings. The van der Waals surface area contributed by atoms with Crippen LogP contribution in [0.2, 0.25) is 0 Å². The van der Waals surface area contributed by atoms with Gasteiger partial charge in [-0.3, -0.25) is 4.79 Å². The Bertz CT molecular complexity index is 1520. The van der Waals surface area contributed by atoms with Crippen molar-refractivity contribution in [3.63, 3.8) is 0 Å². The highest BCUT2D eigenvalue weighted by atomic mass is 32.2. The lowest BCUT2D eigenvalue weighted by atomic mass is 10.1. The summed E-state index contributed by atoms with van der Waals surface area (Å²) < 4.78 is 33.5. The monoisotopic (exact) mass is 548 g/mol. The van der Waals surface area contributed by atoms with Crippen LogP contribution in [0.4, 0.5) is 5.82 Å². The van der Waals surface area contributed by atoms with Crippen LogP contribution in [0.3, 0.4) is 0 Å². The van der Waals surface area contributed by atoms with Crippen LogP contribution in [0.5, 0.6) is 0 Å². The molecular formula is C28H32N6O4S. The Morgan fingerprint density at radius 1 is 1.03 bits per heavy atom. The average molecular weight is 549 g/mol. The molecule has 0 radical (unpaired) electrons. The summed E-state index contributed by atoms with van der Waals surface area (Å²) in [4.78, 5) is 24.4. The fourth-order valence-electron chi connectivity index (χ4n) is 4.60. The quantitative estimate of drug-likeness (QED) is 0.259. The van der Waals surface area contributed by atoms with Gasteiger partial charge in [0.1, 0.15) is 11.5 Å². The Morgan fingerprint density at radius 3 is 2.41 bits per heavy atom. The Morgan fingerprint density at radius 2 is 1.72 bits per heavy atom. The number of aromatic nitrogens is 3. The van der Waals surface area contributed by atoms with E-state index in [1.54, 1.807) is 24.3 Å². The van der Waals surface area contributed by atoms with E-state index < -0.39 is 10.0 Å². The first-order valence-electron chi connectivity index (χ1n) is 13.0. The third-order valence-electron chi connectivity index (χ3n) is 6.62. The standard InChI is InChI=1S/C28H32N6O4S/c1-20(35)29-14-15-30-27-25-18-22(31-28(25)33-26(32-27)21-8-4-2-5-9-21)19-38-23-12-16-34(17-13-23)39(36,37)24-10-6-3-7-11-24/h2-11,18,23H,12-17,19H2,1H3,(H,29,35)(H2,30,31,32,33). The molecule has 10 nitrogen and oxygen atoms in total. The molecule has 2 aromatic heterocycles. The average Bonchev–Trinajstić information content (AvgIpc) is 3.38. The molecule has 1 aliphatic rings. The van der Waals surface area contributed by atoms with Crippen LogP contribution in [-0.4, -0.2) is 65.9 Å². The lowest BCUT2D eigenvalue weighted by Crippen LogP contribution is -2.40. The number of hydrogen-bond acceptors (Lipinski definition) is 7. The second kappa shape index (κ2) is 11.9. The van der Waals surface area contributed by atoms with Gasteiger partial charge in [-0.1, -0.05) is 48.5 Å². The van der Waals surface area contributed by atoms with E-state index in [4.69, 9.17) is 14.7 Å². The van der Waals surface area contributed by atoms with E-state index >= 15 is 0 Å². The minimum atomic E-state index is -3.49. The van der Waals surface area contributed by atoms with E-state index in [2.05, 4.69) is 15.6 Å². The SMILES string of the molecule is CC(=O)NCCNc1nc(-c2ccccc2)nc2[nH]c(COC3CCN(S(=O)(=O)c4ccccc4)CC3)cc12. The summed E-state index contributed by atoms with van der Waals surface area (Å²) in [6, 6.07) is 20.3. The summed E-state index contributed by atoms with van der Waals surface area (Å²) in [6.45, 7) is 3.66. The molecule has 204 valence electrons. The normalized spacial score (nSPS) is 14.9. The lowest BCUT2D eigenvalue weighted by Gasteiger charge is -2.31. The molecule has 2 aromatic carbocycles. The van der Waals surface area contributed by atoms with Gasteiger partial charge in [-0.05, 0) is 31.0 Å². The van der Waals surface area contributed by atoms with Crippen LogP contribution in [-0.2, 0) is 26.2 Å². The molecule has 1 aliphatic heterocycles. The zero-order valence-electron chi connectivity index (χ0n) is 21.8. The number of hydrogen-bond donors (Lipinski definition) is 3. The zero-order chi connectivity index (χ0) is 27.2. The summed E-state index contributed by atoms with van der Waals surface area (Å²) in [5.74, 6) is 1.18. The zero-order valence-corrected chi connectivity index (χ0v) is 22.6. The summed E-state index contributed by atoms with van der Waals surface area (Å²) in [6.07, 6.45) is 1.21. The van der Waals surface area contributed by atoms with Gasteiger partial charge in [0, 0.05) is 44.4 Å². The number of H-pyrrole nitrogens is 1. The minimum Gasteiger partial charge on any atom is -0.372 e. The molecule has 4 aromatic rings. The maximum absolute atomic E-state index is 12.9. The van der Waals surface area contributed by atoms with Gasteiger partial charge in [-0.2, -0.15) is 4.31 Å². The Kier molecular flexibility index (Phi) is 8.20. The Balaban J connectivity index is 1.26. The number of ether oxygens (including phenoxy) is 1. The lowest BCUT2D eigenvalue weighted by molar-refractivity contribution is -0.118. The molecule has 0 spiro atoms. The number of amides is 1. The van der Waals surface area contributed by atoms with E-state index in [9.17, 15) is 13.2 Å². The molecule has 3 N–H and O–H groups in total. The third kappa shape index (κ3) is 6.44. The number of anilines is 1. The van der Waals surface area contributed by atoms with Crippen LogP contribution in [0.1, 0.15) is 25.5 Å². The molecule has 39 heavy (non-hydrogen) atoms. The Labute approximate surface area is 227 Å². The number of sulfonamides is 1. The maximum atomic E-state index is 12.9. The number of aromatic amines is 1. The smallest absolute Gasteiger partial charge is 0.243 e. The maximum Gasteiger partial charge on any atom is 0.243 e. The van der Waals surface area contributed by atoms with Crippen molar-refractivity contribution in [2.45, 2.75) is 37.4 Å². The number of carbonyl (C=O) groups excluding carboxylic acids is 1. The van der Waals surface area contributed by atoms with Crippen molar-refractivity contribution in [1.29, 1.82) is 0 Å². The first-order valence-corrected chi connectivity index (χ1v) is 14.4. The van der Waals surface area contributed by atoms with Gasteiger partial charge in [0.05, 0.1) is 23.0 Å². The van der Waals surface area contributed by atoms with Crippen molar-refractivity contribution in [3.05, 3.63) is 72.4 Å². The number of fused-ring (bicyclic) bond motifs is 1. The first kappa shape index (κ1) is 26.8. The number of nitrogens with one attached hydrogen (secondary N) is 3. The number of nitrogens with zero attached hydrogens (tertiary/aromatic N) is 3. The predicted molar refractivity (Wildman–Crippen MR) is 150 cm³/mol. The molecular weight excluding hydrogens is 516 g/mol. The molecule has 0 saturated carbocycles. The molecule has 0 bridgehead atoms. The van der Waals surface area contributed by atoms with Gasteiger partial charge in [0.15, 0.2) is 5.82 Å². The molecule has 3 heterocycles. The van der Waals surface area contributed by atoms with Gasteiger partial charge < -0.3 is 20.4 Å². The highest BCUT2D eigenvalue weighted by Gasteiger charge is 2.29. The van der Waals surface area contributed by atoms with Gasteiger partial charge in [0.2, 0.25) is 15.9 Å². The third-order valence-corrected chi connectivity index (χ3v) is 8.54. The van der Waals surface area contributed by atoms with E-state index in [1.807, 2.05) is 42.5 Å². The van der Waals surface area contributed by atoms with Gasteiger partial charge in [-0.15, -0.1) is 0 Å². The van der Waals surface area contributed by atoms with E-state index in [0.29, 0.717) is 67.8 Å². The van der Waals surface area contributed by atoms with Gasteiger partial charge in [-0.25, -0.2) is 18.4 Å². The van der Waals surface area contributed by atoms with E-state index in [1.165, 1.54) is 11.2 Å². The van der Waals surface area contributed by atoms with Crippen LogP contribution in [0, 0.1) is 0 Å². The minimum absolute atomic E-state index is 0.0418. The van der Waals surface area contributed by atoms with Crippen molar-refractivity contribution < 1.29 is 17.9 Å². The topological polar surface area (TPSA) is 129 Å². The van der Waals surface area contributed by atoms with Crippen molar-refractivity contribution in [2.75, 3.05) is 31.5 Å². The summed E-state index contributed by atoms with van der Waals surface area (Å²) in [5.41, 5.74) is 2.44. The fourth-order valence-corrected chi connectivity index (χ4v) is 6.09. The highest BCUT2D eigenvalue weighted by Crippen LogP contribution is 2.27. The molecule has 1 amide bonds. The van der Waals surface area contributed by atoms with Crippen LogP contribution in [0.15, 0.2) is 71.6 Å². The van der Waals surface area contributed by atoms with Crippen molar-refractivity contribution in [3.8, 4) is 11.4 Å². The van der Waals surface area contributed by atoms with Crippen molar-refractivity contribution in [1.82, 2.24) is 24.6 Å². The van der Waals surface area contributed by atoms with E-state index in [0.717, 1.165) is 16.6 Å².